The third-order valence-electron chi connectivity index (χ3n) is 16.2. The molecule has 6 nitrogen and oxygen atoms in total. The Kier molecular flexibility index (Phi) is 65.6. The van der Waals surface area contributed by atoms with Crippen molar-refractivity contribution in [1.29, 1.82) is 0 Å². The van der Waals surface area contributed by atoms with Gasteiger partial charge in [0, 0.05) is 19.3 Å². The molecule has 1 unspecified atom stereocenters. The monoisotopic (exact) mass is 1100 g/mol. The number of unbranched alkanes of at least 4 members (excludes halogenated alkanes) is 51. The van der Waals surface area contributed by atoms with Crippen LogP contribution in [0.3, 0.4) is 0 Å². The highest BCUT2D eigenvalue weighted by Crippen LogP contribution is 2.19. The summed E-state index contributed by atoms with van der Waals surface area (Å²) in [5, 5.41) is 0. The SMILES string of the molecule is CCCCCCC/C=C\CCCCCCCC(=O)OCC(COC(=O)CCCCCCCCCCCCCCCCCCCCCCCCCCCCC)OC(=O)CCCCCCCCCCC/C=C\CCCCCCCC. The van der Waals surface area contributed by atoms with Gasteiger partial charge in [0.25, 0.3) is 0 Å². The Morgan fingerprint density at radius 2 is 0.423 bits per heavy atom. The van der Waals surface area contributed by atoms with Crippen LogP contribution in [0.25, 0.3) is 0 Å². The van der Waals surface area contributed by atoms with Crippen molar-refractivity contribution in [2.24, 2.45) is 0 Å². The highest BCUT2D eigenvalue weighted by atomic mass is 16.6. The Labute approximate surface area is 487 Å². The van der Waals surface area contributed by atoms with Crippen LogP contribution in [0.2, 0.25) is 0 Å². The fourth-order valence-electron chi connectivity index (χ4n) is 10.8. The summed E-state index contributed by atoms with van der Waals surface area (Å²) in [7, 11) is 0. The van der Waals surface area contributed by atoms with Crippen LogP contribution >= 0.6 is 0 Å². The van der Waals surface area contributed by atoms with Gasteiger partial charge in [0.05, 0.1) is 0 Å². The Morgan fingerprint density at radius 1 is 0.244 bits per heavy atom. The van der Waals surface area contributed by atoms with Gasteiger partial charge in [-0.2, -0.15) is 0 Å². The molecule has 0 saturated carbocycles. The van der Waals surface area contributed by atoms with E-state index >= 15 is 0 Å². The first-order chi connectivity index (χ1) is 38.5. The van der Waals surface area contributed by atoms with E-state index in [1.54, 1.807) is 0 Å². The lowest BCUT2D eigenvalue weighted by molar-refractivity contribution is -0.167. The molecule has 0 spiro atoms. The molecule has 0 N–H and O–H groups in total. The van der Waals surface area contributed by atoms with Gasteiger partial charge >= 0.3 is 17.9 Å². The highest BCUT2D eigenvalue weighted by molar-refractivity contribution is 5.71. The summed E-state index contributed by atoms with van der Waals surface area (Å²) in [5.74, 6) is -0.850. The van der Waals surface area contributed by atoms with Crippen LogP contribution in [0.5, 0.6) is 0 Å². The van der Waals surface area contributed by atoms with Gasteiger partial charge < -0.3 is 14.2 Å². The quantitative estimate of drug-likeness (QED) is 0.0261. The zero-order valence-electron chi connectivity index (χ0n) is 53.0. The van der Waals surface area contributed by atoms with Gasteiger partial charge in [0.2, 0.25) is 0 Å². The topological polar surface area (TPSA) is 78.9 Å². The van der Waals surface area contributed by atoms with Crippen LogP contribution in [0.1, 0.15) is 400 Å². The molecule has 6 heteroatoms. The first kappa shape index (κ1) is 75.9. The fraction of sp³-hybridized carbons (Fsp3) is 0.903. The lowest BCUT2D eigenvalue weighted by Crippen LogP contribution is -2.30. The number of hydrogen-bond donors (Lipinski definition) is 0. The van der Waals surface area contributed by atoms with Crippen molar-refractivity contribution >= 4 is 17.9 Å². The van der Waals surface area contributed by atoms with Crippen LogP contribution in [0, 0.1) is 0 Å². The first-order valence-corrected chi connectivity index (χ1v) is 35.3. The number of ether oxygens (including phenoxy) is 3. The molecule has 0 saturated heterocycles. The first-order valence-electron chi connectivity index (χ1n) is 35.3. The summed E-state index contributed by atoms with van der Waals surface area (Å²) in [6.45, 7) is 6.70. The predicted octanol–water partition coefficient (Wildman–Crippen LogP) is 24.2. The van der Waals surface area contributed by atoms with Crippen molar-refractivity contribution in [3.63, 3.8) is 0 Å². The van der Waals surface area contributed by atoms with E-state index in [1.807, 2.05) is 0 Å². The predicted molar refractivity (Wildman–Crippen MR) is 340 cm³/mol. The summed E-state index contributed by atoms with van der Waals surface area (Å²) in [6.07, 6.45) is 82.1. The van der Waals surface area contributed by atoms with Crippen molar-refractivity contribution in [2.45, 2.75) is 406 Å². The van der Waals surface area contributed by atoms with Gasteiger partial charge in [-0.1, -0.05) is 334 Å². The van der Waals surface area contributed by atoms with Crippen molar-refractivity contribution in [3.8, 4) is 0 Å². The van der Waals surface area contributed by atoms with Gasteiger partial charge in [-0.15, -0.1) is 0 Å². The number of hydrogen-bond acceptors (Lipinski definition) is 6. The molecule has 0 aliphatic rings. The van der Waals surface area contributed by atoms with Crippen molar-refractivity contribution in [2.75, 3.05) is 13.2 Å². The largest absolute Gasteiger partial charge is 0.462 e. The average molecular weight is 1100 g/mol. The Bertz CT molecular complexity index is 1260. The van der Waals surface area contributed by atoms with Crippen LogP contribution in [0.15, 0.2) is 24.3 Å². The van der Waals surface area contributed by atoms with Gasteiger partial charge in [0.1, 0.15) is 13.2 Å². The van der Waals surface area contributed by atoms with Gasteiger partial charge in [-0.3, -0.25) is 14.4 Å². The van der Waals surface area contributed by atoms with Crippen molar-refractivity contribution < 1.29 is 28.6 Å². The lowest BCUT2D eigenvalue weighted by Gasteiger charge is -2.18. The van der Waals surface area contributed by atoms with Crippen LogP contribution < -0.4 is 0 Å². The van der Waals surface area contributed by atoms with Gasteiger partial charge in [0.15, 0.2) is 6.10 Å². The van der Waals surface area contributed by atoms with Crippen molar-refractivity contribution in [3.05, 3.63) is 24.3 Å². The normalized spacial score (nSPS) is 12.1. The van der Waals surface area contributed by atoms with E-state index < -0.39 is 6.10 Å². The molecule has 0 amide bonds. The molecule has 0 aromatic heterocycles. The maximum atomic E-state index is 12.9. The van der Waals surface area contributed by atoms with E-state index in [-0.39, 0.29) is 31.1 Å². The maximum Gasteiger partial charge on any atom is 0.306 e. The molecule has 0 bridgehead atoms. The van der Waals surface area contributed by atoms with E-state index in [0.29, 0.717) is 19.3 Å². The molecule has 1 atom stereocenters. The van der Waals surface area contributed by atoms with E-state index in [1.165, 1.54) is 295 Å². The summed E-state index contributed by atoms with van der Waals surface area (Å²) < 4.78 is 17.0. The summed E-state index contributed by atoms with van der Waals surface area (Å²) in [6, 6.07) is 0. The van der Waals surface area contributed by atoms with Crippen molar-refractivity contribution in [1.82, 2.24) is 0 Å². The second kappa shape index (κ2) is 67.4. The highest BCUT2D eigenvalue weighted by Gasteiger charge is 2.19. The Morgan fingerprint density at radius 3 is 0.641 bits per heavy atom. The van der Waals surface area contributed by atoms with E-state index in [0.717, 1.165) is 64.2 Å². The zero-order chi connectivity index (χ0) is 56.4. The van der Waals surface area contributed by atoms with Crippen LogP contribution in [-0.2, 0) is 28.6 Å². The second-order valence-electron chi connectivity index (χ2n) is 24.1. The fourth-order valence-corrected chi connectivity index (χ4v) is 10.8. The molecule has 0 aromatic rings. The molecule has 0 fully saturated rings. The summed E-state index contributed by atoms with van der Waals surface area (Å²) in [5.41, 5.74) is 0. The van der Waals surface area contributed by atoms with E-state index in [2.05, 4.69) is 45.1 Å². The van der Waals surface area contributed by atoms with E-state index in [9.17, 15) is 14.4 Å². The third-order valence-corrected chi connectivity index (χ3v) is 16.2. The van der Waals surface area contributed by atoms with Crippen LogP contribution in [0.4, 0.5) is 0 Å². The number of rotatable bonds is 66. The molecule has 78 heavy (non-hydrogen) atoms. The summed E-state index contributed by atoms with van der Waals surface area (Å²) in [4.78, 5) is 38.4. The molecule has 0 radical (unpaired) electrons. The Balaban J connectivity index is 4.21. The van der Waals surface area contributed by atoms with Gasteiger partial charge in [-0.05, 0) is 70.6 Å². The number of esters is 3. The maximum absolute atomic E-state index is 12.9. The lowest BCUT2D eigenvalue weighted by atomic mass is 10.0. The smallest absolute Gasteiger partial charge is 0.306 e. The molecule has 0 aliphatic carbocycles. The standard InChI is InChI=1S/C72H136O6/c1-4-7-10-13-16-19-22-25-28-30-32-33-34-35-36-37-38-39-41-42-44-47-50-53-56-59-62-65-71(74)77-68-69(67-76-70(73)64-61-58-55-52-49-46-27-24-21-18-15-12-9-6-3)78-72(75)66-63-60-57-54-51-48-45-43-40-31-29-26-23-20-17-14-11-8-5-2/h24,26-27,29,69H,4-23,25,28,30-68H2,1-3H3/b27-24-,29-26-. The summed E-state index contributed by atoms with van der Waals surface area (Å²) >= 11 is 0. The molecule has 0 aliphatic heterocycles. The number of carbonyl (C=O) groups is 3. The minimum atomic E-state index is -0.774. The average Bonchev–Trinajstić information content (AvgIpc) is 3.44. The molecular formula is C72H136O6. The number of allylic oxidation sites excluding steroid dienone is 4. The molecule has 0 heterocycles. The second-order valence-corrected chi connectivity index (χ2v) is 24.1. The molecule has 0 aromatic carbocycles. The van der Waals surface area contributed by atoms with E-state index in [4.69, 9.17) is 14.2 Å². The van der Waals surface area contributed by atoms with Crippen LogP contribution in [-0.4, -0.2) is 37.2 Å². The molecule has 460 valence electrons. The van der Waals surface area contributed by atoms with Gasteiger partial charge in [-0.25, -0.2) is 0 Å². The minimum absolute atomic E-state index is 0.0693. The molecular weight excluding hydrogens is 961 g/mol. The third kappa shape index (κ3) is 64.7. The number of carbonyl (C=O) groups excluding carboxylic acids is 3. The Hall–Kier alpha value is -2.11. The zero-order valence-corrected chi connectivity index (χ0v) is 53.0. The minimum Gasteiger partial charge on any atom is -0.462 e. The molecule has 0 rings (SSSR count).